The average molecular weight is 360 g/mol. The van der Waals surface area contributed by atoms with E-state index in [-0.39, 0.29) is 6.04 Å². The molecule has 2 aromatic heterocycles. The molecule has 1 atom stereocenters. The minimum atomic E-state index is -3.59. The van der Waals surface area contributed by atoms with Crippen LogP contribution in [0.4, 0.5) is 5.69 Å². The normalized spacial score (nSPS) is 17.2. The number of rotatable bonds is 3. The Morgan fingerprint density at radius 2 is 2.04 bits per heavy atom. The van der Waals surface area contributed by atoms with Crippen molar-refractivity contribution >= 4 is 27.0 Å². The van der Waals surface area contributed by atoms with Gasteiger partial charge in [-0.3, -0.25) is 4.31 Å². The second-order valence-electron chi connectivity index (χ2n) is 5.93. The number of nitrogens with zero attached hydrogens (tertiary/aromatic N) is 2. The number of anilines is 1. The molecule has 0 aliphatic carbocycles. The molecule has 1 aliphatic heterocycles. The lowest BCUT2D eigenvalue weighted by molar-refractivity contribution is 0.428. The van der Waals surface area contributed by atoms with E-state index in [2.05, 4.69) is 5.16 Å². The van der Waals surface area contributed by atoms with Gasteiger partial charge in [0.15, 0.2) is 5.76 Å². The zero-order valence-electron chi connectivity index (χ0n) is 13.3. The molecular formula is C17H16N2O3S2. The van der Waals surface area contributed by atoms with Gasteiger partial charge in [-0.2, -0.15) is 0 Å². The summed E-state index contributed by atoms with van der Waals surface area (Å²) in [5, 5.41) is 3.86. The summed E-state index contributed by atoms with van der Waals surface area (Å²) in [6.07, 6.45) is 0.731. The number of aryl methyl sites for hydroxylation is 1. The van der Waals surface area contributed by atoms with Gasteiger partial charge in [-0.25, -0.2) is 8.42 Å². The van der Waals surface area contributed by atoms with Crippen LogP contribution in [0.1, 0.15) is 18.2 Å². The summed E-state index contributed by atoms with van der Waals surface area (Å²) in [5.74, 6) is 0.592. The van der Waals surface area contributed by atoms with Crippen molar-refractivity contribution in [3.8, 4) is 10.6 Å². The summed E-state index contributed by atoms with van der Waals surface area (Å²) >= 11 is 1.21. The summed E-state index contributed by atoms with van der Waals surface area (Å²) in [6, 6.07) is 12.8. The first-order chi connectivity index (χ1) is 11.5. The van der Waals surface area contributed by atoms with E-state index >= 15 is 0 Å². The highest BCUT2D eigenvalue weighted by Crippen LogP contribution is 2.39. The third-order valence-electron chi connectivity index (χ3n) is 4.11. The summed E-state index contributed by atoms with van der Waals surface area (Å²) in [7, 11) is -3.59. The summed E-state index contributed by atoms with van der Waals surface area (Å²) < 4.78 is 33.4. The summed E-state index contributed by atoms with van der Waals surface area (Å²) in [6.45, 7) is 3.77. The Balaban J connectivity index is 1.75. The van der Waals surface area contributed by atoms with Crippen LogP contribution in [0, 0.1) is 6.92 Å². The quantitative estimate of drug-likeness (QED) is 0.712. The molecule has 0 fully saturated rings. The lowest BCUT2D eigenvalue weighted by Gasteiger charge is -2.23. The van der Waals surface area contributed by atoms with Gasteiger partial charge < -0.3 is 4.52 Å². The fraction of sp³-hybridized carbons (Fsp3) is 0.235. The molecule has 0 radical (unpaired) electrons. The van der Waals surface area contributed by atoms with Crippen LogP contribution in [0.25, 0.3) is 10.6 Å². The van der Waals surface area contributed by atoms with Crippen molar-refractivity contribution in [3.05, 3.63) is 53.7 Å². The lowest BCUT2D eigenvalue weighted by Crippen LogP contribution is -2.35. The van der Waals surface area contributed by atoms with Crippen LogP contribution in [0.5, 0.6) is 0 Å². The first-order valence-electron chi connectivity index (χ1n) is 7.62. The first kappa shape index (κ1) is 15.4. The van der Waals surface area contributed by atoms with Crippen molar-refractivity contribution in [2.45, 2.75) is 30.5 Å². The number of benzene rings is 1. The van der Waals surface area contributed by atoms with Gasteiger partial charge in [-0.15, -0.1) is 11.3 Å². The van der Waals surface area contributed by atoms with Crippen LogP contribution in [-0.4, -0.2) is 19.6 Å². The summed E-state index contributed by atoms with van der Waals surface area (Å²) in [4.78, 5) is 0.759. The van der Waals surface area contributed by atoms with Crippen molar-refractivity contribution in [1.82, 2.24) is 5.16 Å². The highest BCUT2D eigenvalue weighted by Gasteiger charge is 2.36. The topological polar surface area (TPSA) is 63.4 Å². The molecule has 0 saturated heterocycles. The Morgan fingerprint density at radius 1 is 1.25 bits per heavy atom. The van der Waals surface area contributed by atoms with Crippen molar-refractivity contribution < 1.29 is 12.9 Å². The smallest absolute Gasteiger partial charge is 0.274 e. The maximum absolute atomic E-state index is 13.1. The van der Waals surface area contributed by atoms with Gasteiger partial charge in [0.05, 0.1) is 16.3 Å². The molecule has 1 unspecified atom stereocenters. The van der Waals surface area contributed by atoms with Crippen molar-refractivity contribution in [2.75, 3.05) is 4.31 Å². The Hall–Kier alpha value is -2.12. The third kappa shape index (κ3) is 2.35. The molecule has 4 rings (SSSR count). The van der Waals surface area contributed by atoms with Gasteiger partial charge in [-0.05, 0) is 44.0 Å². The molecule has 124 valence electrons. The Morgan fingerprint density at radius 3 is 2.79 bits per heavy atom. The molecule has 1 aliphatic rings. The molecule has 3 heterocycles. The van der Waals surface area contributed by atoms with E-state index < -0.39 is 10.0 Å². The number of para-hydroxylation sites is 1. The van der Waals surface area contributed by atoms with Crippen molar-refractivity contribution in [1.29, 1.82) is 0 Å². The lowest BCUT2D eigenvalue weighted by atomic mass is 10.1. The number of hydrogen-bond acceptors (Lipinski definition) is 5. The number of hydrogen-bond donors (Lipinski definition) is 0. The van der Waals surface area contributed by atoms with E-state index in [1.54, 1.807) is 18.2 Å². The van der Waals surface area contributed by atoms with Crippen LogP contribution in [0.3, 0.4) is 0 Å². The third-order valence-corrected chi connectivity index (χ3v) is 7.61. The second kappa shape index (κ2) is 5.46. The highest BCUT2D eigenvalue weighted by molar-refractivity contribution is 7.94. The van der Waals surface area contributed by atoms with E-state index in [4.69, 9.17) is 4.52 Å². The number of fused-ring (bicyclic) bond motifs is 1. The fourth-order valence-corrected chi connectivity index (χ4v) is 6.11. The van der Waals surface area contributed by atoms with Crippen molar-refractivity contribution in [3.63, 3.8) is 0 Å². The predicted molar refractivity (Wildman–Crippen MR) is 93.8 cm³/mol. The SMILES string of the molecule is Cc1cc(-c2ccc(S(=O)(=O)N3c4ccccc4CC3C)s2)on1. The average Bonchev–Trinajstić information content (AvgIpc) is 3.23. The molecule has 0 bridgehead atoms. The molecule has 24 heavy (non-hydrogen) atoms. The molecule has 7 heteroatoms. The van der Waals surface area contributed by atoms with Crippen LogP contribution in [-0.2, 0) is 16.4 Å². The molecule has 0 amide bonds. The molecule has 5 nitrogen and oxygen atoms in total. The number of sulfonamides is 1. The van der Waals surface area contributed by atoms with Crippen LogP contribution in [0.15, 0.2) is 51.2 Å². The second-order valence-corrected chi connectivity index (χ2v) is 9.06. The highest BCUT2D eigenvalue weighted by atomic mass is 32.2. The molecule has 0 spiro atoms. The molecule has 0 saturated carbocycles. The van der Waals surface area contributed by atoms with Gasteiger partial charge in [-0.1, -0.05) is 23.4 Å². The largest absolute Gasteiger partial charge is 0.355 e. The monoisotopic (exact) mass is 360 g/mol. The van der Waals surface area contributed by atoms with E-state index in [1.165, 1.54) is 15.6 Å². The zero-order chi connectivity index (χ0) is 16.9. The predicted octanol–water partition coefficient (Wildman–Crippen LogP) is 3.85. The van der Waals surface area contributed by atoms with Gasteiger partial charge in [0.2, 0.25) is 0 Å². The number of thiophene rings is 1. The van der Waals surface area contributed by atoms with Gasteiger partial charge in [0.1, 0.15) is 4.21 Å². The van der Waals surface area contributed by atoms with Gasteiger partial charge in [0, 0.05) is 12.1 Å². The number of aromatic nitrogens is 1. The van der Waals surface area contributed by atoms with E-state index in [9.17, 15) is 8.42 Å². The standard InChI is InChI=1S/C17H16N2O3S2/c1-11-9-15(22-18-11)16-7-8-17(23-16)24(20,21)19-12(2)10-13-5-3-4-6-14(13)19/h3-9,12H,10H2,1-2H3. The molecular weight excluding hydrogens is 344 g/mol. The van der Waals surface area contributed by atoms with Gasteiger partial charge >= 0.3 is 0 Å². The Bertz CT molecular complexity index is 1000. The molecule has 3 aromatic rings. The van der Waals surface area contributed by atoms with Gasteiger partial charge in [0.25, 0.3) is 10.0 Å². The minimum absolute atomic E-state index is 0.0922. The Labute approximate surface area is 144 Å². The zero-order valence-corrected chi connectivity index (χ0v) is 14.9. The van der Waals surface area contributed by atoms with E-state index in [1.807, 2.05) is 38.1 Å². The van der Waals surface area contributed by atoms with E-state index in [0.29, 0.717) is 9.97 Å². The fourth-order valence-electron chi connectivity index (χ4n) is 3.07. The van der Waals surface area contributed by atoms with Crippen LogP contribution in [0.2, 0.25) is 0 Å². The van der Waals surface area contributed by atoms with Crippen molar-refractivity contribution in [2.24, 2.45) is 0 Å². The molecule has 0 N–H and O–H groups in total. The maximum atomic E-state index is 13.1. The molecule has 1 aromatic carbocycles. The Kier molecular flexibility index (Phi) is 3.51. The minimum Gasteiger partial charge on any atom is -0.355 e. The van der Waals surface area contributed by atoms with Crippen LogP contribution >= 0.6 is 11.3 Å². The van der Waals surface area contributed by atoms with E-state index in [0.717, 1.165) is 28.2 Å². The first-order valence-corrected chi connectivity index (χ1v) is 9.88. The summed E-state index contributed by atoms with van der Waals surface area (Å²) in [5.41, 5.74) is 2.61. The maximum Gasteiger partial charge on any atom is 0.274 e. The van der Waals surface area contributed by atoms with Crippen LogP contribution < -0.4 is 4.31 Å².